The third-order valence-corrected chi connectivity index (χ3v) is 5.77. The van der Waals surface area contributed by atoms with E-state index in [1.807, 2.05) is 0 Å². The van der Waals surface area contributed by atoms with E-state index in [-0.39, 0.29) is 5.41 Å². The van der Waals surface area contributed by atoms with Crippen LogP contribution in [0, 0.1) is 18.3 Å². The van der Waals surface area contributed by atoms with Crippen molar-refractivity contribution in [3.8, 4) is 0 Å². The van der Waals surface area contributed by atoms with E-state index in [1.54, 1.807) is 0 Å². The van der Waals surface area contributed by atoms with Gasteiger partial charge in [0.05, 0.1) is 6.10 Å². The highest BCUT2D eigenvalue weighted by Crippen LogP contribution is 2.52. The Balaban J connectivity index is 1.81. The molecule has 3 rings (SSSR count). The maximum absolute atomic E-state index is 5.96. The van der Waals surface area contributed by atoms with Crippen molar-refractivity contribution in [3.63, 3.8) is 0 Å². The molecule has 0 bridgehead atoms. The van der Waals surface area contributed by atoms with Crippen molar-refractivity contribution in [3.05, 3.63) is 28.2 Å². The normalized spacial score (nSPS) is 32.3. The fourth-order valence-corrected chi connectivity index (χ4v) is 4.11. The van der Waals surface area contributed by atoms with E-state index in [0.717, 1.165) is 6.61 Å². The van der Waals surface area contributed by atoms with Crippen LogP contribution in [0.1, 0.15) is 32.3 Å². The standard InChI is InChI=1S/C16H22BrNO/c1-10-12(17)7-4-8-13(10)18-14-11-6-5-9-19-15(11)16(14,2)3/h4,7-8,11,14-15,18H,5-6,9H2,1-3H3. The Labute approximate surface area is 124 Å². The zero-order valence-corrected chi connectivity index (χ0v) is 13.5. The van der Waals surface area contributed by atoms with Gasteiger partial charge in [0, 0.05) is 34.1 Å². The minimum atomic E-state index is 0.222. The van der Waals surface area contributed by atoms with Crippen molar-refractivity contribution in [1.82, 2.24) is 0 Å². The summed E-state index contributed by atoms with van der Waals surface area (Å²) in [5.41, 5.74) is 2.76. The Kier molecular flexibility index (Phi) is 3.38. The first kappa shape index (κ1) is 13.4. The second-order valence-corrected chi connectivity index (χ2v) is 7.31. The molecule has 1 aromatic rings. The molecule has 19 heavy (non-hydrogen) atoms. The Morgan fingerprint density at radius 3 is 2.95 bits per heavy atom. The van der Waals surface area contributed by atoms with E-state index in [1.165, 1.54) is 28.6 Å². The molecule has 104 valence electrons. The van der Waals surface area contributed by atoms with Crippen molar-refractivity contribution < 1.29 is 4.74 Å². The Morgan fingerprint density at radius 1 is 1.37 bits per heavy atom. The molecule has 3 atom stereocenters. The molecular weight excluding hydrogens is 302 g/mol. The topological polar surface area (TPSA) is 21.3 Å². The molecule has 2 fully saturated rings. The van der Waals surface area contributed by atoms with Crippen molar-refractivity contribution in [1.29, 1.82) is 0 Å². The van der Waals surface area contributed by atoms with Gasteiger partial charge >= 0.3 is 0 Å². The minimum Gasteiger partial charge on any atom is -0.381 e. The summed E-state index contributed by atoms with van der Waals surface area (Å²) < 4.78 is 7.14. The van der Waals surface area contributed by atoms with E-state index in [4.69, 9.17) is 4.74 Å². The number of nitrogens with one attached hydrogen (secondary N) is 1. The first-order valence-electron chi connectivity index (χ1n) is 7.15. The SMILES string of the molecule is Cc1c(Br)cccc1NC1C2CCCOC2C1(C)C. The lowest BCUT2D eigenvalue weighted by Crippen LogP contribution is -2.67. The largest absolute Gasteiger partial charge is 0.381 e. The van der Waals surface area contributed by atoms with Gasteiger partial charge in [-0.25, -0.2) is 0 Å². The Bertz CT molecular complexity index is 486. The number of benzene rings is 1. The average Bonchev–Trinajstić information content (AvgIpc) is 2.40. The zero-order chi connectivity index (χ0) is 13.6. The van der Waals surface area contributed by atoms with E-state index in [0.29, 0.717) is 18.1 Å². The van der Waals surface area contributed by atoms with Crippen LogP contribution < -0.4 is 5.32 Å². The molecule has 1 aliphatic heterocycles. The second kappa shape index (κ2) is 4.78. The highest BCUT2D eigenvalue weighted by atomic mass is 79.9. The fourth-order valence-electron chi connectivity index (χ4n) is 3.75. The van der Waals surface area contributed by atoms with Crippen LogP contribution in [-0.2, 0) is 4.74 Å². The highest BCUT2D eigenvalue weighted by molar-refractivity contribution is 9.10. The average molecular weight is 324 g/mol. The fraction of sp³-hybridized carbons (Fsp3) is 0.625. The maximum atomic E-state index is 5.96. The third kappa shape index (κ3) is 2.11. The zero-order valence-electron chi connectivity index (χ0n) is 11.9. The molecule has 2 aliphatic rings. The molecule has 0 aromatic heterocycles. The summed E-state index contributed by atoms with van der Waals surface area (Å²) in [6.45, 7) is 7.75. The van der Waals surface area contributed by atoms with E-state index in [9.17, 15) is 0 Å². The van der Waals surface area contributed by atoms with Gasteiger partial charge in [-0.3, -0.25) is 0 Å². The van der Waals surface area contributed by atoms with E-state index < -0.39 is 0 Å². The summed E-state index contributed by atoms with van der Waals surface area (Å²) in [6, 6.07) is 6.89. The number of fused-ring (bicyclic) bond motifs is 1. The molecule has 0 amide bonds. The summed E-state index contributed by atoms with van der Waals surface area (Å²) in [7, 11) is 0. The molecule has 3 unspecified atom stereocenters. The van der Waals surface area contributed by atoms with Gasteiger partial charge in [-0.05, 0) is 37.5 Å². The van der Waals surface area contributed by atoms with Crippen molar-refractivity contribution >= 4 is 21.6 Å². The van der Waals surface area contributed by atoms with Crippen molar-refractivity contribution in [2.75, 3.05) is 11.9 Å². The van der Waals surface area contributed by atoms with Crippen LogP contribution >= 0.6 is 15.9 Å². The van der Waals surface area contributed by atoms with Crippen LogP contribution in [0.15, 0.2) is 22.7 Å². The molecule has 2 nitrogen and oxygen atoms in total. The first-order chi connectivity index (χ1) is 9.01. The lowest BCUT2D eigenvalue weighted by atomic mass is 9.55. The Hall–Kier alpha value is -0.540. The molecule has 1 heterocycles. The predicted octanol–water partition coefficient (Wildman–Crippen LogP) is 4.37. The lowest BCUT2D eigenvalue weighted by molar-refractivity contribution is -0.177. The smallest absolute Gasteiger partial charge is 0.0693 e. The first-order valence-corrected chi connectivity index (χ1v) is 7.94. The molecule has 1 aliphatic carbocycles. The molecular formula is C16H22BrNO. The van der Waals surface area contributed by atoms with Gasteiger partial charge in [0.25, 0.3) is 0 Å². The molecule has 1 saturated carbocycles. The van der Waals surface area contributed by atoms with Crippen LogP contribution in [0.2, 0.25) is 0 Å². The molecule has 1 N–H and O–H groups in total. The number of ether oxygens (including phenoxy) is 1. The number of anilines is 1. The van der Waals surface area contributed by atoms with Crippen molar-refractivity contribution in [2.45, 2.75) is 45.8 Å². The van der Waals surface area contributed by atoms with Gasteiger partial charge in [0.2, 0.25) is 0 Å². The number of hydrogen-bond donors (Lipinski definition) is 1. The number of rotatable bonds is 2. The van der Waals surface area contributed by atoms with Gasteiger partial charge in [-0.2, -0.15) is 0 Å². The number of hydrogen-bond acceptors (Lipinski definition) is 2. The van der Waals surface area contributed by atoms with Crippen LogP contribution in [0.5, 0.6) is 0 Å². The molecule has 1 saturated heterocycles. The maximum Gasteiger partial charge on any atom is 0.0693 e. The monoisotopic (exact) mass is 323 g/mol. The predicted molar refractivity (Wildman–Crippen MR) is 82.5 cm³/mol. The second-order valence-electron chi connectivity index (χ2n) is 6.45. The molecule has 0 spiro atoms. The van der Waals surface area contributed by atoms with Crippen LogP contribution in [0.25, 0.3) is 0 Å². The third-order valence-electron chi connectivity index (χ3n) is 4.91. The van der Waals surface area contributed by atoms with E-state index in [2.05, 4.69) is 60.2 Å². The lowest BCUT2D eigenvalue weighted by Gasteiger charge is -2.60. The van der Waals surface area contributed by atoms with Gasteiger partial charge in [0.1, 0.15) is 0 Å². The molecule has 0 radical (unpaired) electrons. The Morgan fingerprint density at radius 2 is 2.16 bits per heavy atom. The van der Waals surface area contributed by atoms with Gasteiger partial charge < -0.3 is 10.1 Å². The molecule has 1 aromatic carbocycles. The van der Waals surface area contributed by atoms with Crippen LogP contribution in [0.3, 0.4) is 0 Å². The summed E-state index contributed by atoms with van der Waals surface area (Å²) in [6.07, 6.45) is 2.93. The summed E-state index contributed by atoms with van der Waals surface area (Å²) in [5, 5.41) is 3.77. The summed E-state index contributed by atoms with van der Waals surface area (Å²) in [5.74, 6) is 0.669. The highest BCUT2D eigenvalue weighted by Gasteiger charge is 2.57. The van der Waals surface area contributed by atoms with Gasteiger partial charge in [0.15, 0.2) is 0 Å². The van der Waals surface area contributed by atoms with E-state index >= 15 is 0 Å². The molecule has 3 heteroatoms. The minimum absolute atomic E-state index is 0.222. The number of halogens is 1. The summed E-state index contributed by atoms with van der Waals surface area (Å²) >= 11 is 3.61. The van der Waals surface area contributed by atoms with Crippen LogP contribution in [-0.4, -0.2) is 18.8 Å². The van der Waals surface area contributed by atoms with Gasteiger partial charge in [-0.1, -0.05) is 35.8 Å². The summed E-state index contributed by atoms with van der Waals surface area (Å²) in [4.78, 5) is 0. The van der Waals surface area contributed by atoms with Crippen LogP contribution in [0.4, 0.5) is 5.69 Å². The van der Waals surface area contributed by atoms with Crippen molar-refractivity contribution in [2.24, 2.45) is 11.3 Å². The quantitative estimate of drug-likeness (QED) is 0.872. The van der Waals surface area contributed by atoms with Gasteiger partial charge in [-0.15, -0.1) is 0 Å².